The minimum absolute atomic E-state index is 0. The Morgan fingerprint density at radius 2 is 1.80 bits per heavy atom. The van der Waals surface area contributed by atoms with Crippen LogP contribution in [0.2, 0.25) is 0 Å². The third-order valence-corrected chi connectivity index (χ3v) is 5.01. The number of phenols is 1. The quantitative estimate of drug-likeness (QED) is 0.184. The summed E-state index contributed by atoms with van der Waals surface area (Å²) in [6, 6.07) is 12.9. The van der Waals surface area contributed by atoms with Gasteiger partial charge in [-0.2, -0.15) is 0 Å². The zero-order valence-corrected chi connectivity index (χ0v) is 19.3. The number of nitrogens with one attached hydrogen (secondary N) is 3. The summed E-state index contributed by atoms with van der Waals surface area (Å²) in [5.41, 5.74) is 1.42. The number of amides is 1. The Kier molecular flexibility index (Phi) is 8.88. The van der Waals surface area contributed by atoms with Gasteiger partial charge in [0.25, 0.3) is 5.91 Å². The molecule has 3 rings (SSSR count). The minimum atomic E-state index is -0.216. The molecule has 1 aliphatic carbocycles. The van der Waals surface area contributed by atoms with E-state index < -0.39 is 0 Å². The van der Waals surface area contributed by atoms with Crippen molar-refractivity contribution in [1.29, 1.82) is 0 Å². The molecule has 1 saturated carbocycles. The van der Waals surface area contributed by atoms with E-state index in [1.807, 2.05) is 13.0 Å². The number of carbonyl (C=O) groups is 1. The molecule has 0 atom stereocenters. The maximum absolute atomic E-state index is 13.6. The smallest absolute Gasteiger partial charge is 0.251 e. The van der Waals surface area contributed by atoms with Gasteiger partial charge in [0.15, 0.2) is 5.96 Å². The van der Waals surface area contributed by atoms with Gasteiger partial charge >= 0.3 is 0 Å². The van der Waals surface area contributed by atoms with Gasteiger partial charge in [-0.3, -0.25) is 9.79 Å². The van der Waals surface area contributed by atoms with E-state index in [1.165, 1.54) is 18.2 Å². The molecule has 1 amide bonds. The van der Waals surface area contributed by atoms with Crippen molar-refractivity contribution in [1.82, 2.24) is 16.0 Å². The molecule has 1 fully saturated rings. The molecule has 2 aromatic rings. The molecule has 0 aliphatic heterocycles. The van der Waals surface area contributed by atoms with E-state index in [2.05, 4.69) is 20.9 Å². The number of halogens is 2. The van der Waals surface area contributed by atoms with Crippen LogP contribution in [0, 0.1) is 5.82 Å². The van der Waals surface area contributed by atoms with E-state index in [4.69, 9.17) is 0 Å². The number of hydrogen-bond donors (Lipinski definition) is 4. The summed E-state index contributed by atoms with van der Waals surface area (Å²) in [6.07, 6.45) is 2.00. The van der Waals surface area contributed by atoms with Crippen LogP contribution in [0.15, 0.2) is 53.5 Å². The molecule has 0 aromatic heterocycles. The Labute approximate surface area is 193 Å². The first kappa shape index (κ1) is 23.9. The molecule has 2 aromatic carbocycles. The van der Waals surface area contributed by atoms with Gasteiger partial charge < -0.3 is 21.1 Å². The summed E-state index contributed by atoms with van der Waals surface area (Å²) in [4.78, 5) is 16.7. The molecule has 30 heavy (non-hydrogen) atoms. The number of hydrogen-bond acceptors (Lipinski definition) is 3. The van der Waals surface area contributed by atoms with Crippen molar-refractivity contribution in [2.24, 2.45) is 4.99 Å². The fraction of sp³-hybridized carbons (Fsp3) is 0.364. The topological polar surface area (TPSA) is 85.8 Å². The van der Waals surface area contributed by atoms with Crippen molar-refractivity contribution in [3.8, 4) is 5.75 Å². The average Bonchev–Trinajstić information content (AvgIpc) is 3.51. The van der Waals surface area contributed by atoms with Gasteiger partial charge in [0, 0.05) is 30.6 Å². The first-order valence-electron chi connectivity index (χ1n) is 9.88. The van der Waals surface area contributed by atoms with E-state index in [1.54, 1.807) is 24.3 Å². The zero-order chi connectivity index (χ0) is 20.7. The SMILES string of the molecule is CCNC(=NCC1(c2cccc(F)c2)CC1)NCCNC(=O)c1ccc(O)cc1.I. The third kappa shape index (κ3) is 6.58. The fourth-order valence-electron chi connectivity index (χ4n) is 3.15. The average molecular weight is 526 g/mol. The van der Waals surface area contributed by atoms with Crippen LogP contribution < -0.4 is 16.0 Å². The van der Waals surface area contributed by atoms with E-state index in [0.29, 0.717) is 31.2 Å². The van der Waals surface area contributed by atoms with Crippen LogP contribution in [-0.4, -0.2) is 43.2 Å². The number of guanidine groups is 1. The van der Waals surface area contributed by atoms with Crippen molar-refractivity contribution in [2.75, 3.05) is 26.2 Å². The van der Waals surface area contributed by atoms with Crippen LogP contribution >= 0.6 is 24.0 Å². The first-order valence-corrected chi connectivity index (χ1v) is 9.88. The van der Waals surface area contributed by atoms with Gasteiger partial charge in [0.05, 0.1) is 6.54 Å². The summed E-state index contributed by atoms with van der Waals surface area (Å²) in [5.74, 6) is 0.388. The lowest BCUT2D eigenvalue weighted by atomic mass is 9.96. The maximum Gasteiger partial charge on any atom is 0.251 e. The zero-order valence-electron chi connectivity index (χ0n) is 17.0. The molecule has 0 heterocycles. The molecular formula is C22H28FIN4O2. The third-order valence-electron chi connectivity index (χ3n) is 5.01. The van der Waals surface area contributed by atoms with E-state index in [9.17, 15) is 14.3 Å². The summed E-state index contributed by atoms with van der Waals surface area (Å²) in [5, 5.41) is 18.5. The molecule has 0 radical (unpaired) electrons. The highest BCUT2D eigenvalue weighted by molar-refractivity contribution is 14.0. The summed E-state index contributed by atoms with van der Waals surface area (Å²) >= 11 is 0. The molecular weight excluding hydrogens is 498 g/mol. The van der Waals surface area contributed by atoms with Crippen LogP contribution in [-0.2, 0) is 5.41 Å². The number of aromatic hydroxyl groups is 1. The van der Waals surface area contributed by atoms with Crippen molar-refractivity contribution in [2.45, 2.75) is 25.2 Å². The Morgan fingerprint density at radius 3 is 2.43 bits per heavy atom. The summed E-state index contributed by atoms with van der Waals surface area (Å²) in [7, 11) is 0. The van der Waals surface area contributed by atoms with Gasteiger partial charge in [-0.1, -0.05) is 12.1 Å². The highest BCUT2D eigenvalue weighted by Gasteiger charge is 2.44. The predicted molar refractivity (Wildman–Crippen MR) is 127 cm³/mol. The number of benzene rings is 2. The van der Waals surface area contributed by atoms with Gasteiger partial charge in [-0.25, -0.2) is 4.39 Å². The highest BCUT2D eigenvalue weighted by atomic mass is 127. The maximum atomic E-state index is 13.6. The molecule has 0 bridgehead atoms. The lowest BCUT2D eigenvalue weighted by molar-refractivity contribution is 0.0954. The highest BCUT2D eigenvalue weighted by Crippen LogP contribution is 2.48. The Balaban J connectivity index is 0.00000320. The lowest BCUT2D eigenvalue weighted by Gasteiger charge is -2.16. The van der Waals surface area contributed by atoms with Crippen LogP contribution in [0.4, 0.5) is 4.39 Å². The number of nitrogens with zero attached hydrogens (tertiary/aromatic N) is 1. The van der Waals surface area contributed by atoms with Gasteiger partial charge in [-0.15, -0.1) is 24.0 Å². The standard InChI is InChI=1S/C22H27FN4O2.HI/c1-2-24-21(26-13-12-25-20(29)16-6-8-19(28)9-7-16)27-15-22(10-11-22)17-4-3-5-18(23)14-17;/h3-9,14,28H,2,10-13,15H2,1H3,(H,25,29)(H2,24,26,27);1H. The molecule has 8 heteroatoms. The van der Waals surface area contributed by atoms with Crippen molar-refractivity contribution in [3.63, 3.8) is 0 Å². The van der Waals surface area contributed by atoms with E-state index in [0.717, 1.165) is 24.9 Å². The van der Waals surface area contributed by atoms with E-state index in [-0.39, 0.29) is 46.9 Å². The lowest BCUT2D eigenvalue weighted by Crippen LogP contribution is -2.42. The van der Waals surface area contributed by atoms with Crippen molar-refractivity contribution < 1.29 is 14.3 Å². The molecule has 4 N–H and O–H groups in total. The molecule has 6 nitrogen and oxygen atoms in total. The van der Waals surface area contributed by atoms with Crippen LogP contribution in [0.3, 0.4) is 0 Å². The second-order valence-electron chi connectivity index (χ2n) is 7.22. The second kappa shape index (κ2) is 11.1. The molecule has 0 saturated heterocycles. The van der Waals surface area contributed by atoms with Crippen LogP contribution in [0.5, 0.6) is 5.75 Å². The largest absolute Gasteiger partial charge is 0.508 e. The monoisotopic (exact) mass is 526 g/mol. The molecule has 0 spiro atoms. The van der Waals surface area contributed by atoms with Crippen molar-refractivity contribution in [3.05, 3.63) is 65.5 Å². The Bertz CT molecular complexity index is 870. The second-order valence-corrected chi connectivity index (χ2v) is 7.22. The van der Waals surface area contributed by atoms with Crippen molar-refractivity contribution >= 4 is 35.8 Å². The Hall–Kier alpha value is -2.36. The van der Waals surface area contributed by atoms with Crippen LogP contribution in [0.1, 0.15) is 35.7 Å². The van der Waals surface area contributed by atoms with Gasteiger partial charge in [0.1, 0.15) is 11.6 Å². The number of phenolic OH excluding ortho intramolecular Hbond substituents is 1. The van der Waals surface area contributed by atoms with E-state index >= 15 is 0 Å². The number of aliphatic imine (C=N–C) groups is 1. The molecule has 1 aliphatic rings. The normalized spacial score (nSPS) is 14.4. The van der Waals surface area contributed by atoms with Gasteiger partial charge in [-0.05, 0) is 61.7 Å². The Morgan fingerprint density at radius 1 is 1.10 bits per heavy atom. The van der Waals surface area contributed by atoms with Crippen LogP contribution in [0.25, 0.3) is 0 Å². The van der Waals surface area contributed by atoms with Gasteiger partial charge in [0.2, 0.25) is 0 Å². The molecule has 162 valence electrons. The number of rotatable bonds is 8. The minimum Gasteiger partial charge on any atom is -0.508 e. The summed E-state index contributed by atoms with van der Waals surface area (Å²) < 4.78 is 13.6. The summed E-state index contributed by atoms with van der Waals surface area (Å²) in [6.45, 7) is 4.25. The number of carbonyl (C=O) groups excluding carboxylic acids is 1. The molecule has 0 unspecified atom stereocenters. The predicted octanol–water partition coefficient (Wildman–Crippen LogP) is 3.17. The first-order chi connectivity index (χ1) is 14.0. The fourth-order valence-corrected chi connectivity index (χ4v) is 3.15.